The standard InChI is InChI=1S/C24H34N4O6/c1-3-4-5-17(10-11-29)26-23-18(19(7-9-21(30)31)27-24(25)28-23)14-16-12-15(13-22(32)33)6-8-20(16)34-2/h6,8,12,17,29H,3-5,7,9-11,13-14H2,1-2H3,(H,30,31)(H,32,33)(H3,25,26,27,28)/t17-/m0/s1. The van der Waals surface area contributed by atoms with Crippen LogP contribution in [0.25, 0.3) is 0 Å². The van der Waals surface area contributed by atoms with Gasteiger partial charge < -0.3 is 31.1 Å². The minimum atomic E-state index is -0.959. The Morgan fingerprint density at radius 3 is 2.56 bits per heavy atom. The summed E-state index contributed by atoms with van der Waals surface area (Å²) in [7, 11) is 1.53. The van der Waals surface area contributed by atoms with Crippen LogP contribution in [0.4, 0.5) is 11.8 Å². The second-order valence-electron chi connectivity index (χ2n) is 8.14. The summed E-state index contributed by atoms with van der Waals surface area (Å²) in [5.41, 5.74) is 8.47. The number of aryl methyl sites for hydroxylation is 1. The molecule has 0 aliphatic carbocycles. The van der Waals surface area contributed by atoms with E-state index in [1.807, 2.05) is 0 Å². The van der Waals surface area contributed by atoms with Crippen molar-refractivity contribution in [1.29, 1.82) is 0 Å². The van der Waals surface area contributed by atoms with Gasteiger partial charge in [-0.25, -0.2) is 4.98 Å². The number of methoxy groups -OCH3 is 1. The van der Waals surface area contributed by atoms with Gasteiger partial charge in [-0.05, 0) is 30.0 Å². The topological polar surface area (TPSA) is 168 Å². The van der Waals surface area contributed by atoms with Gasteiger partial charge in [0.25, 0.3) is 0 Å². The molecule has 0 aliphatic heterocycles. The lowest BCUT2D eigenvalue weighted by Crippen LogP contribution is -2.24. The fourth-order valence-electron chi connectivity index (χ4n) is 3.82. The fourth-order valence-corrected chi connectivity index (χ4v) is 3.82. The van der Waals surface area contributed by atoms with Gasteiger partial charge in [0.2, 0.25) is 5.95 Å². The molecule has 186 valence electrons. The average molecular weight is 475 g/mol. The third-order valence-electron chi connectivity index (χ3n) is 5.48. The largest absolute Gasteiger partial charge is 0.496 e. The van der Waals surface area contributed by atoms with Crippen LogP contribution in [-0.2, 0) is 28.9 Å². The summed E-state index contributed by atoms with van der Waals surface area (Å²) in [5.74, 6) is -0.831. The van der Waals surface area contributed by atoms with E-state index in [2.05, 4.69) is 22.2 Å². The minimum Gasteiger partial charge on any atom is -0.496 e. The zero-order valence-electron chi connectivity index (χ0n) is 19.7. The number of ether oxygens (including phenoxy) is 1. The molecule has 10 heteroatoms. The van der Waals surface area contributed by atoms with Gasteiger partial charge in [-0.1, -0.05) is 31.9 Å². The first kappa shape index (κ1) is 26.8. The van der Waals surface area contributed by atoms with Gasteiger partial charge in [-0.15, -0.1) is 0 Å². The van der Waals surface area contributed by atoms with E-state index in [1.54, 1.807) is 18.2 Å². The number of nitrogen functional groups attached to an aromatic ring is 1. The Bertz CT molecular complexity index is 982. The molecule has 0 fully saturated rings. The van der Waals surface area contributed by atoms with Gasteiger partial charge in [0.1, 0.15) is 11.6 Å². The van der Waals surface area contributed by atoms with Crippen molar-refractivity contribution in [1.82, 2.24) is 9.97 Å². The first-order valence-corrected chi connectivity index (χ1v) is 11.4. The van der Waals surface area contributed by atoms with Crippen LogP contribution in [0.5, 0.6) is 5.75 Å². The third-order valence-corrected chi connectivity index (χ3v) is 5.48. The van der Waals surface area contributed by atoms with Crippen molar-refractivity contribution in [2.24, 2.45) is 0 Å². The summed E-state index contributed by atoms with van der Waals surface area (Å²) in [5, 5.41) is 31.3. The van der Waals surface area contributed by atoms with E-state index in [-0.39, 0.29) is 44.3 Å². The molecule has 1 atom stereocenters. The number of nitrogens with two attached hydrogens (primary N) is 1. The molecule has 34 heavy (non-hydrogen) atoms. The number of aliphatic carboxylic acids is 2. The van der Waals surface area contributed by atoms with Crippen molar-refractivity contribution in [2.45, 2.75) is 64.3 Å². The molecule has 0 saturated heterocycles. The molecule has 10 nitrogen and oxygen atoms in total. The smallest absolute Gasteiger partial charge is 0.307 e. The number of carbonyl (C=O) groups is 2. The number of hydrogen-bond acceptors (Lipinski definition) is 8. The Morgan fingerprint density at radius 2 is 1.94 bits per heavy atom. The summed E-state index contributed by atoms with van der Waals surface area (Å²) in [6.07, 6.45) is 3.48. The highest BCUT2D eigenvalue weighted by molar-refractivity contribution is 5.70. The molecule has 0 aliphatic rings. The third kappa shape index (κ3) is 8.18. The quantitative estimate of drug-likeness (QED) is 0.259. The van der Waals surface area contributed by atoms with Crippen molar-refractivity contribution in [3.05, 3.63) is 40.6 Å². The summed E-state index contributed by atoms with van der Waals surface area (Å²) >= 11 is 0. The molecule has 0 spiro atoms. The lowest BCUT2D eigenvalue weighted by Gasteiger charge is -2.22. The maximum Gasteiger partial charge on any atom is 0.307 e. The van der Waals surface area contributed by atoms with E-state index in [0.717, 1.165) is 24.8 Å². The van der Waals surface area contributed by atoms with E-state index in [4.69, 9.17) is 10.5 Å². The van der Waals surface area contributed by atoms with E-state index >= 15 is 0 Å². The first-order valence-electron chi connectivity index (χ1n) is 11.4. The molecule has 0 bridgehead atoms. The number of hydrogen-bond donors (Lipinski definition) is 5. The maximum absolute atomic E-state index is 11.2. The van der Waals surface area contributed by atoms with E-state index < -0.39 is 11.9 Å². The van der Waals surface area contributed by atoms with Crippen LogP contribution in [0.15, 0.2) is 18.2 Å². The molecule has 0 saturated carbocycles. The highest BCUT2D eigenvalue weighted by atomic mass is 16.5. The Labute approximate surface area is 199 Å². The molecule has 2 aromatic rings. The summed E-state index contributed by atoms with van der Waals surface area (Å²) in [6, 6.07) is 5.12. The molecule has 0 radical (unpaired) electrons. The van der Waals surface area contributed by atoms with Crippen molar-refractivity contribution in [3.63, 3.8) is 0 Å². The Kier molecular flexibility index (Phi) is 10.5. The van der Waals surface area contributed by atoms with Gasteiger partial charge in [-0.3, -0.25) is 9.59 Å². The van der Waals surface area contributed by atoms with Crippen molar-refractivity contribution in [3.8, 4) is 5.75 Å². The summed E-state index contributed by atoms with van der Waals surface area (Å²) in [6.45, 7) is 2.10. The number of carboxylic acid groups (broad SMARTS) is 2. The minimum absolute atomic E-state index is 0.00814. The second-order valence-corrected chi connectivity index (χ2v) is 8.14. The van der Waals surface area contributed by atoms with Gasteiger partial charge in [-0.2, -0.15) is 4.98 Å². The van der Waals surface area contributed by atoms with Crippen LogP contribution < -0.4 is 15.8 Å². The molecule has 0 unspecified atom stereocenters. The SMILES string of the molecule is CCCC[C@@H](CCO)Nc1nc(N)nc(CCC(=O)O)c1Cc1cc(CC(=O)O)ccc1OC. The van der Waals surface area contributed by atoms with E-state index in [0.29, 0.717) is 34.8 Å². The number of aliphatic hydroxyl groups is 1. The molecule has 1 aromatic heterocycles. The lowest BCUT2D eigenvalue weighted by atomic mass is 9.97. The van der Waals surface area contributed by atoms with Gasteiger partial charge in [0, 0.05) is 31.1 Å². The fraction of sp³-hybridized carbons (Fsp3) is 0.500. The second kappa shape index (κ2) is 13.3. The van der Waals surface area contributed by atoms with Crippen LogP contribution in [0.2, 0.25) is 0 Å². The number of anilines is 2. The normalized spacial score (nSPS) is 11.7. The van der Waals surface area contributed by atoms with Crippen LogP contribution in [-0.4, -0.2) is 57.0 Å². The zero-order chi connectivity index (χ0) is 25.1. The number of nitrogens with zero attached hydrogens (tertiary/aromatic N) is 2. The Morgan fingerprint density at radius 1 is 1.18 bits per heavy atom. The number of carboxylic acids is 2. The maximum atomic E-state index is 11.2. The van der Waals surface area contributed by atoms with E-state index in [9.17, 15) is 24.9 Å². The molecule has 1 aromatic carbocycles. The number of rotatable bonds is 15. The van der Waals surface area contributed by atoms with E-state index in [1.165, 1.54) is 7.11 Å². The molecule has 1 heterocycles. The van der Waals surface area contributed by atoms with Crippen LogP contribution in [0.3, 0.4) is 0 Å². The van der Waals surface area contributed by atoms with Gasteiger partial charge in [0.05, 0.1) is 25.6 Å². The predicted molar refractivity (Wildman–Crippen MR) is 128 cm³/mol. The monoisotopic (exact) mass is 474 g/mol. The van der Waals surface area contributed by atoms with Crippen molar-refractivity contribution in [2.75, 3.05) is 24.8 Å². The predicted octanol–water partition coefficient (Wildman–Crippen LogP) is 2.66. The summed E-state index contributed by atoms with van der Waals surface area (Å²) in [4.78, 5) is 31.2. The van der Waals surface area contributed by atoms with Gasteiger partial charge in [0.15, 0.2) is 0 Å². The Balaban J connectivity index is 2.54. The van der Waals surface area contributed by atoms with Crippen molar-refractivity contribution >= 4 is 23.7 Å². The van der Waals surface area contributed by atoms with Crippen LogP contribution in [0, 0.1) is 0 Å². The van der Waals surface area contributed by atoms with Crippen LogP contribution >= 0.6 is 0 Å². The molecule has 2 rings (SSSR count). The number of aliphatic hydroxyl groups excluding tert-OH is 1. The Hall–Kier alpha value is -3.40. The summed E-state index contributed by atoms with van der Waals surface area (Å²) < 4.78 is 5.49. The zero-order valence-corrected chi connectivity index (χ0v) is 19.7. The molecular formula is C24H34N4O6. The lowest BCUT2D eigenvalue weighted by molar-refractivity contribution is -0.137. The van der Waals surface area contributed by atoms with Crippen molar-refractivity contribution < 1.29 is 29.6 Å². The molecular weight excluding hydrogens is 440 g/mol. The number of unbranched alkanes of at least 4 members (excludes halogenated alkanes) is 1. The first-order chi connectivity index (χ1) is 16.3. The molecule has 0 amide bonds. The highest BCUT2D eigenvalue weighted by Crippen LogP contribution is 2.29. The van der Waals surface area contributed by atoms with Gasteiger partial charge >= 0.3 is 11.9 Å². The average Bonchev–Trinajstić information content (AvgIpc) is 2.77. The number of aromatic nitrogens is 2. The number of nitrogens with one attached hydrogen (secondary N) is 1. The molecule has 6 N–H and O–H groups in total. The number of benzene rings is 1. The van der Waals surface area contributed by atoms with Crippen LogP contribution in [0.1, 0.15) is 61.4 Å². The highest BCUT2D eigenvalue weighted by Gasteiger charge is 2.20.